The summed E-state index contributed by atoms with van der Waals surface area (Å²) in [5, 5.41) is 12.9. The molecule has 0 rings (SSSR count). The molecule has 0 aliphatic rings. The molecule has 0 aliphatic carbocycles. The molecule has 0 aromatic heterocycles. The Bertz CT molecular complexity index is 308. The van der Waals surface area contributed by atoms with Crippen molar-refractivity contribution < 1.29 is 24.2 Å². The number of rotatable bonds is 4. The molecular weight excluding hydrogens is 228 g/mol. The quantitative estimate of drug-likeness (QED) is 0.652. The first-order valence-electron chi connectivity index (χ1n) is 5.11. The van der Waals surface area contributed by atoms with Gasteiger partial charge in [-0.05, 0) is 27.7 Å². The summed E-state index contributed by atoms with van der Waals surface area (Å²) in [4.78, 5) is 32.8. The molecule has 0 heterocycles. The van der Waals surface area contributed by atoms with Crippen LogP contribution in [0.2, 0.25) is 0 Å². The highest BCUT2D eigenvalue weighted by Gasteiger charge is 2.18. The molecule has 0 unspecified atom stereocenters. The van der Waals surface area contributed by atoms with Crippen molar-refractivity contribution in [3.8, 4) is 0 Å². The summed E-state index contributed by atoms with van der Waals surface area (Å²) in [6.07, 6.45) is -0.726. The lowest BCUT2D eigenvalue weighted by Gasteiger charge is -2.19. The molecule has 0 aromatic rings. The Kier molecular flexibility index (Phi) is 5.43. The van der Waals surface area contributed by atoms with Gasteiger partial charge in [-0.1, -0.05) is 0 Å². The molecule has 17 heavy (non-hydrogen) atoms. The monoisotopic (exact) mass is 246 g/mol. The fourth-order valence-electron chi connectivity index (χ4n) is 0.821. The summed E-state index contributed by atoms with van der Waals surface area (Å²) in [6, 6.07) is -0.997. The van der Waals surface area contributed by atoms with Gasteiger partial charge in [-0.2, -0.15) is 0 Å². The maximum absolute atomic E-state index is 11.2. The minimum Gasteiger partial charge on any atom is -0.480 e. The van der Waals surface area contributed by atoms with E-state index in [4.69, 9.17) is 9.84 Å². The van der Waals surface area contributed by atoms with Crippen LogP contribution in [0.1, 0.15) is 27.7 Å². The van der Waals surface area contributed by atoms with Gasteiger partial charge >= 0.3 is 12.1 Å². The second kappa shape index (κ2) is 6.07. The summed E-state index contributed by atoms with van der Waals surface area (Å²) < 4.78 is 4.89. The van der Waals surface area contributed by atoms with Crippen molar-refractivity contribution in [3.05, 3.63) is 0 Å². The van der Waals surface area contributed by atoms with Crippen molar-refractivity contribution in [1.29, 1.82) is 0 Å². The number of amides is 2. The Morgan fingerprint density at radius 3 is 2.24 bits per heavy atom. The molecule has 0 bridgehead atoms. The topological polar surface area (TPSA) is 105 Å². The number of ether oxygens (including phenoxy) is 1. The Morgan fingerprint density at radius 2 is 1.82 bits per heavy atom. The van der Waals surface area contributed by atoms with E-state index in [1.807, 2.05) is 0 Å². The average molecular weight is 246 g/mol. The molecule has 0 spiro atoms. The van der Waals surface area contributed by atoms with E-state index in [9.17, 15) is 14.4 Å². The van der Waals surface area contributed by atoms with Crippen LogP contribution in [0.5, 0.6) is 0 Å². The van der Waals surface area contributed by atoms with Crippen LogP contribution < -0.4 is 10.6 Å². The third kappa shape index (κ3) is 8.06. The molecular formula is C10H18N2O5. The predicted octanol–water partition coefficient (Wildman–Crippen LogP) is 0.100. The molecule has 98 valence electrons. The van der Waals surface area contributed by atoms with E-state index in [-0.39, 0.29) is 6.54 Å². The zero-order chi connectivity index (χ0) is 13.6. The van der Waals surface area contributed by atoms with E-state index in [2.05, 4.69) is 10.6 Å². The summed E-state index contributed by atoms with van der Waals surface area (Å²) in [5.74, 6) is -1.73. The first-order chi connectivity index (χ1) is 7.61. The average Bonchev–Trinajstić information content (AvgIpc) is 2.11. The fraction of sp³-hybridized carbons (Fsp3) is 0.700. The normalized spacial score (nSPS) is 12.5. The van der Waals surface area contributed by atoms with Crippen LogP contribution in [0.4, 0.5) is 4.79 Å². The van der Waals surface area contributed by atoms with Gasteiger partial charge in [0.1, 0.15) is 18.2 Å². The minimum atomic E-state index is -1.14. The number of hydrogen-bond acceptors (Lipinski definition) is 4. The highest BCUT2D eigenvalue weighted by atomic mass is 16.6. The maximum atomic E-state index is 11.2. The lowest BCUT2D eigenvalue weighted by atomic mass is 10.2. The highest BCUT2D eigenvalue weighted by Crippen LogP contribution is 2.05. The molecule has 0 aliphatic heterocycles. The molecule has 7 heteroatoms. The molecule has 7 nitrogen and oxygen atoms in total. The molecule has 0 radical (unpaired) electrons. The van der Waals surface area contributed by atoms with Crippen molar-refractivity contribution in [1.82, 2.24) is 10.6 Å². The van der Waals surface area contributed by atoms with Crippen LogP contribution >= 0.6 is 0 Å². The van der Waals surface area contributed by atoms with Crippen LogP contribution in [0, 0.1) is 0 Å². The summed E-state index contributed by atoms with van der Waals surface area (Å²) in [6.45, 7) is 6.08. The van der Waals surface area contributed by atoms with Crippen molar-refractivity contribution >= 4 is 18.0 Å². The van der Waals surface area contributed by atoms with Gasteiger partial charge in [-0.25, -0.2) is 4.79 Å². The van der Waals surface area contributed by atoms with Crippen LogP contribution in [-0.2, 0) is 14.3 Å². The predicted molar refractivity (Wildman–Crippen MR) is 59.5 cm³/mol. The first-order valence-corrected chi connectivity index (χ1v) is 5.11. The number of alkyl carbamates (subject to hydrolysis) is 1. The van der Waals surface area contributed by atoms with E-state index in [1.54, 1.807) is 20.8 Å². The standard InChI is InChI=1S/C10H18N2O5/c1-6(8(14)15)12-7(13)5-11-9(16)17-10(2,3)4/h6H,5H2,1-4H3,(H,11,16)(H,12,13)(H,14,15)/t6-/m0/s1. The third-order valence-electron chi connectivity index (χ3n) is 1.54. The van der Waals surface area contributed by atoms with Crippen LogP contribution in [0.3, 0.4) is 0 Å². The smallest absolute Gasteiger partial charge is 0.408 e. The SMILES string of the molecule is C[C@H](NC(=O)CNC(=O)OC(C)(C)C)C(=O)O. The summed E-state index contributed by atoms with van der Waals surface area (Å²) >= 11 is 0. The van der Waals surface area contributed by atoms with Gasteiger partial charge in [0.25, 0.3) is 0 Å². The zero-order valence-corrected chi connectivity index (χ0v) is 10.4. The number of nitrogens with one attached hydrogen (secondary N) is 2. The van der Waals surface area contributed by atoms with Gasteiger partial charge in [0.2, 0.25) is 5.91 Å². The molecule has 0 aromatic carbocycles. The van der Waals surface area contributed by atoms with Crippen LogP contribution in [-0.4, -0.2) is 41.3 Å². The molecule has 0 saturated heterocycles. The van der Waals surface area contributed by atoms with Crippen molar-refractivity contribution in [2.75, 3.05) is 6.54 Å². The molecule has 2 amide bonds. The zero-order valence-electron chi connectivity index (χ0n) is 10.4. The molecule has 0 fully saturated rings. The number of aliphatic carboxylic acids is 1. The van der Waals surface area contributed by atoms with Crippen molar-refractivity contribution in [3.63, 3.8) is 0 Å². The second-order valence-electron chi connectivity index (χ2n) is 4.48. The fourth-order valence-corrected chi connectivity index (χ4v) is 0.821. The number of carboxylic acid groups (broad SMARTS) is 1. The Labute approximate surface area is 99.5 Å². The van der Waals surface area contributed by atoms with Crippen LogP contribution in [0.25, 0.3) is 0 Å². The van der Waals surface area contributed by atoms with E-state index in [1.165, 1.54) is 6.92 Å². The van der Waals surface area contributed by atoms with Gasteiger partial charge in [-0.3, -0.25) is 9.59 Å². The van der Waals surface area contributed by atoms with E-state index in [0.717, 1.165) is 0 Å². The first kappa shape index (κ1) is 15.2. The van der Waals surface area contributed by atoms with Gasteiger partial charge in [-0.15, -0.1) is 0 Å². The van der Waals surface area contributed by atoms with Gasteiger partial charge in [0, 0.05) is 0 Å². The Morgan fingerprint density at radius 1 is 1.29 bits per heavy atom. The molecule has 1 atom stereocenters. The Hall–Kier alpha value is -1.79. The highest BCUT2D eigenvalue weighted by molar-refractivity contribution is 5.86. The molecule has 3 N–H and O–H groups in total. The number of hydrogen-bond donors (Lipinski definition) is 3. The van der Waals surface area contributed by atoms with E-state index < -0.39 is 29.6 Å². The van der Waals surface area contributed by atoms with E-state index >= 15 is 0 Å². The number of carboxylic acids is 1. The number of carbonyl (C=O) groups is 3. The summed E-state index contributed by atoms with van der Waals surface area (Å²) in [5.41, 5.74) is -0.644. The van der Waals surface area contributed by atoms with Gasteiger partial charge < -0.3 is 20.5 Å². The Balaban J connectivity index is 3.93. The molecule has 0 saturated carbocycles. The lowest BCUT2D eigenvalue weighted by Crippen LogP contribution is -2.44. The number of carbonyl (C=O) groups excluding carboxylic acids is 2. The summed E-state index contributed by atoms with van der Waals surface area (Å²) in [7, 11) is 0. The second-order valence-corrected chi connectivity index (χ2v) is 4.48. The van der Waals surface area contributed by atoms with Crippen molar-refractivity contribution in [2.45, 2.75) is 39.3 Å². The van der Waals surface area contributed by atoms with Crippen molar-refractivity contribution in [2.24, 2.45) is 0 Å². The third-order valence-corrected chi connectivity index (χ3v) is 1.54. The van der Waals surface area contributed by atoms with Crippen LogP contribution in [0.15, 0.2) is 0 Å². The maximum Gasteiger partial charge on any atom is 0.408 e. The lowest BCUT2D eigenvalue weighted by molar-refractivity contribution is -0.141. The largest absolute Gasteiger partial charge is 0.480 e. The minimum absolute atomic E-state index is 0.327. The van der Waals surface area contributed by atoms with Gasteiger partial charge in [0.05, 0.1) is 0 Å². The van der Waals surface area contributed by atoms with E-state index in [0.29, 0.717) is 0 Å². The van der Waals surface area contributed by atoms with Gasteiger partial charge in [0.15, 0.2) is 0 Å².